The van der Waals surface area contributed by atoms with Crippen LogP contribution in [-0.4, -0.2) is 69.8 Å². The van der Waals surface area contributed by atoms with E-state index in [4.69, 9.17) is 0 Å². The summed E-state index contributed by atoms with van der Waals surface area (Å²) in [4.78, 5) is 25.7. The van der Waals surface area contributed by atoms with Crippen LogP contribution >= 0.6 is 0 Å². The Kier molecular flexibility index (Phi) is 4.12. The number of aromatic nitrogens is 2. The summed E-state index contributed by atoms with van der Waals surface area (Å²) in [7, 11) is -1.75. The Hall–Kier alpha value is -1.94. The second-order valence-corrected chi connectivity index (χ2v) is 8.18. The zero-order chi connectivity index (χ0) is 17.6. The molecule has 0 radical (unpaired) electrons. The normalized spacial score (nSPS) is 21.8. The molecule has 1 fully saturated rings. The maximum Gasteiger partial charge on any atom is 0.356 e. The lowest BCUT2D eigenvalue weighted by Crippen LogP contribution is -2.48. The number of fused-ring (bicyclic) bond motifs is 1. The summed E-state index contributed by atoms with van der Waals surface area (Å²) in [5.41, 5.74) is 1.30. The molecule has 1 amide bonds. The van der Waals surface area contributed by atoms with Gasteiger partial charge < -0.3 is 10.0 Å². The van der Waals surface area contributed by atoms with Crippen LogP contribution in [0.3, 0.4) is 0 Å². The van der Waals surface area contributed by atoms with E-state index in [-0.39, 0.29) is 18.1 Å². The Morgan fingerprint density at radius 1 is 1.29 bits per heavy atom. The fraction of sp³-hybridized carbons (Fsp3) is 0.643. The molecule has 1 N–H and O–H groups in total. The van der Waals surface area contributed by atoms with Crippen molar-refractivity contribution in [1.82, 2.24) is 19.0 Å². The van der Waals surface area contributed by atoms with E-state index in [9.17, 15) is 23.1 Å². The summed E-state index contributed by atoms with van der Waals surface area (Å²) in [6.07, 6.45) is 2.75. The fourth-order valence-corrected chi connectivity index (χ4v) is 4.67. The number of carbonyl (C=O) groups is 2. The number of carboxylic acid groups (broad SMARTS) is 1. The van der Waals surface area contributed by atoms with Gasteiger partial charge in [-0.05, 0) is 12.8 Å². The summed E-state index contributed by atoms with van der Waals surface area (Å²) in [6, 6.07) is -0.688. The third-order valence-electron chi connectivity index (χ3n) is 4.67. The lowest BCUT2D eigenvalue weighted by Gasteiger charge is -2.32. The minimum absolute atomic E-state index is 0.0450. The minimum Gasteiger partial charge on any atom is -0.476 e. The van der Waals surface area contributed by atoms with Crippen molar-refractivity contribution in [3.8, 4) is 0 Å². The lowest BCUT2D eigenvalue weighted by molar-refractivity contribution is -0.135. The monoisotopic (exact) mass is 356 g/mol. The van der Waals surface area contributed by atoms with Crippen molar-refractivity contribution >= 4 is 21.9 Å². The minimum atomic E-state index is -3.44. The van der Waals surface area contributed by atoms with Crippen molar-refractivity contribution in [1.29, 1.82) is 0 Å². The Bertz CT molecular complexity index is 800. The molecule has 3 heterocycles. The van der Waals surface area contributed by atoms with Crippen LogP contribution in [0.5, 0.6) is 0 Å². The molecule has 0 bridgehead atoms. The van der Waals surface area contributed by atoms with Crippen LogP contribution in [0.25, 0.3) is 0 Å². The number of aromatic carboxylic acids is 1. The molecule has 1 aromatic heterocycles. The van der Waals surface area contributed by atoms with Crippen molar-refractivity contribution in [3.05, 3.63) is 17.0 Å². The smallest absolute Gasteiger partial charge is 0.356 e. The van der Waals surface area contributed by atoms with Gasteiger partial charge in [-0.25, -0.2) is 13.2 Å². The van der Waals surface area contributed by atoms with E-state index in [1.54, 1.807) is 16.6 Å². The summed E-state index contributed by atoms with van der Waals surface area (Å²) >= 11 is 0. The summed E-state index contributed by atoms with van der Waals surface area (Å²) in [6.45, 7) is 0.928. The lowest BCUT2D eigenvalue weighted by atomic mass is 10.0. The highest BCUT2D eigenvalue weighted by Gasteiger charge is 2.40. The molecule has 24 heavy (non-hydrogen) atoms. The van der Waals surface area contributed by atoms with Gasteiger partial charge in [0.25, 0.3) is 0 Å². The Morgan fingerprint density at radius 2 is 2.00 bits per heavy atom. The number of hydrogen-bond donors (Lipinski definition) is 1. The van der Waals surface area contributed by atoms with Crippen molar-refractivity contribution in [2.24, 2.45) is 7.05 Å². The van der Waals surface area contributed by atoms with E-state index < -0.39 is 22.0 Å². The number of aryl methyl sites for hydroxylation is 1. The average molecular weight is 356 g/mol. The van der Waals surface area contributed by atoms with Crippen molar-refractivity contribution in [2.45, 2.75) is 31.8 Å². The highest BCUT2D eigenvalue weighted by molar-refractivity contribution is 7.88. The second-order valence-electron chi connectivity index (χ2n) is 6.24. The molecule has 1 unspecified atom stereocenters. The molecule has 10 heteroatoms. The Labute approximate surface area is 139 Å². The third-order valence-corrected chi connectivity index (χ3v) is 5.96. The first-order valence-electron chi connectivity index (χ1n) is 7.73. The molecule has 1 saturated heterocycles. The van der Waals surface area contributed by atoms with Crippen molar-refractivity contribution < 1.29 is 23.1 Å². The Morgan fingerprint density at radius 3 is 2.62 bits per heavy atom. The van der Waals surface area contributed by atoms with Crippen LogP contribution in [0, 0.1) is 0 Å². The molecular formula is C14H20N4O5S. The van der Waals surface area contributed by atoms with Gasteiger partial charge in [0.2, 0.25) is 15.9 Å². The molecule has 3 rings (SSSR count). The number of hydrogen-bond acceptors (Lipinski definition) is 5. The molecule has 1 aromatic rings. The standard InChI is InChI=1S/C14H20N4O5S/c1-16-10-5-7-17(8-9(10)12(15-16)14(20)21)13(19)11-4-3-6-18(11)24(2,22)23/h11H,3-8H2,1-2H3,(H,20,21). The number of nitrogens with zero attached hydrogens (tertiary/aromatic N) is 4. The van der Waals surface area contributed by atoms with Crippen molar-refractivity contribution in [2.75, 3.05) is 19.3 Å². The molecule has 132 valence electrons. The molecule has 0 aliphatic carbocycles. The first kappa shape index (κ1) is 16.9. The maximum atomic E-state index is 12.8. The molecule has 0 aromatic carbocycles. The van der Waals surface area contributed by atoms with Gasteiger partial charge in [-0.3, -0.25) is 9.48 Å². The van der Waals surface area contributed by atoms with E-state index in [2.05, 4.69) is 5.10 Å². The highest BCUT2D eigenvalue weighted by Crippen LogP contribution is 2.27. The predicted molar refractivity (Wildman–Crippen MR) is 83.9 cm³/mol. The number of amides is 1. The van der Waals surface area contributed by atoms with Gasteiger partial charge in [0.1, 0.15) is 6.04 Å². The first-order valence-corrected chi connectivity index (χ1v) is 9.58. The largest absolute Gasteiger partial charge is 0.476 e. The average Bonchev–Trinajstić information content (AvgIpc) is 3.11. The van der Waals surface area contributed by atoms with Crippen LogP contribution in [0.4, 0.5) is 0 Å². The third kappa shape index (κ3) is 2.80. The summed E-state index contributed by atoms with van der Waals surface area (Å²) in [5.74, 6) is -1.39. The van der Waals surface area contributed by atoms with Gasteiger partial charge in [-0.15, -0.1) is 0 Å². The van der Waals surface area contributed by atoms with E-state index in [1.165, 1.54) is 4.31 Å². The SMILES string of the molecule is Cn1nc(C(=O)O)c2c1CCN(C(=O)C1CCCN1S(C)(=O)=O)C2. The molecule has 9 nitrogen and oxygen atoms in total. The zero-order valence-electron chi connectivity index (χ0n) is 13.6. The molecule has 0 spiro atoms. The van der Waals surface area contributed by atoms with Gasteiger partial charge in [0.15, 0.2) is 5.69 Å². The summed E-state index contributed by atoms with van der Waals surface area (Å²) < 4.78 is 26.5. The van der Waals surface area contributed by atoms with E-state index in [0.717, 1.165) is 11.9 Å². The van der Waals surface area contributed by atoms with E-state index >= 15 is 0 Å². The van der Waals surface area contributed by atoms with E-state index in [1.807, 2.05) is 0 Å². The second kappa shape index (κ2) is 5.85. The van der Waals surface area contributed by atoms with Crippen LogP contribution in [-0.2, 0) is 34.8 Å². The number of carbonyl (C=O) groups excluding carboxylic acids is 1. The van der Waals surface area contributed by atoms with Crippen LogP contribution < -0.4 is 0 Å². The fourth-order valence-electron chi connectivity index (χ4n) is 3.55. The topological polar surface area (TPSA) is 113 Å². The van der Waals surface area contributed by atoms with Gasteiger partial charge in [0, 0.05) is 44.4 Å². The molecule has 2 aliphatic heterocycles. The highest BCUT2D eigenvalue weighted by atomic mass is 32.2. The maximum absolute atomic E-state index is 12.8. The zero-order valence-corrected chi connectivity index (χ0v) is 14.4. The van der Waals surface area contributed by atoms with Crippen LogP contribution in [0.2, 0.25) is 0 Å². The Balaban J connectivity index is 1.85. The van der Waals surface area contributed by atoms with Crippen LogP contribution in [0.1, 0.15) is 34.6 Å². The van der Waals surface area contributed by atoms with E-state index in [0.29, 0.717) is 37.9 Å². The predicted octanol–water partition coefficient (Wildman–Crippen LogP) is -0.573. The van der Waals surface area contributed by atoms with Gasteiger partial charge >= 0.3 is 5.97 Å². The number of rotatable bonds is 3. The molecule has 1 atom stereocenters. The quantitative estimate of drug-likeness (QED) is 0.776. The van der Waals surface area contributed by atoms with Crippen molar-refractivity contribution in [3.63, 3.8) is 0 Å². The van der Waals surface area contributed by atoms with Crippen LogP contribution in [0.15, 0.2) is 0 Å². The summed E-state index contributed by atoms with van der Waals surface area (Å²) in [5, 5.41) is 13.3. The number of carboxylic acids is 1. The molecule has 2 aliphatic rings. The van der Waals surface area contributed by atoms with Gasteiger partial charge in [-0.2, -0.15) is 9.40 Å². The molecular weight excluding hydrogens is 336 g/mol. The number of sulfonamides is 1. The van der Waals surface area contributed by atoms with Gasteiger partial charge in [-0.1, -0.05) is 0 Å². The van der Waals surface area contributed by atoms with Gasteiger partial charge in [0.05, 0.1) is 6.26 Å². The first-order chi connectivity index (χ1) is 11.2. The molecule has 0 saturated carbocycles.